The molecule has 0 unspecified atom stereocenters. The van der Waals surface area contributed by atoms with Gasteiger partial charge in [-0.3, -0.25) is 9.69 Å². The third-order valence-corrected chi connectivity index (χ3v) is 4.25. The fraction of sp³-hybridized carbons (Fsp3) is 0.929. The molecule has 7 heteroatoms. The number of hydrogen-bond acceptors (Lipinski definition) is 4. The number of carbonyl (C=O) groups excluding carboxylic acids is 1. The largest absolute Gasteiger partial charge is 0.340 e. The molecule has 0 radical (unpaired) electrons. The van der Waals surface area contributed by atoms with E-state index in [1.54, 1.807) is 0 Å². The first-order chi connectivity index (χ1) is 9.16. The summed E-state index contributed by atoms with van der Waals surface area (Å²) >= 11 is 0. The molecule has 2 aliphatic heterocycles. The number of halogens is 2. The van der Waals surface area contributed by atoms with E-state index >= 15 is 0 Å². The lowest BCUT2D eigenvalue weighted by Crippen LogP contribution is -2.50. The number of nitrogens with one attached hydrogen (secondary N) is 1. The second kappa shape index (κ2) is 10.6. The van der Waals surface area contributed by atoms with Crippen LogP contribution in [0.25, 0.3) is 0 Å². The summed E-state index contributed by atoms with van der Waals surface area (Å²) in [6, 6.07) is 0.643. The monoisotopic (exact) mass is 340 g/mol. The van der Waals surface area contributed by atoms with Gasteiger partial charge in [0, 0.05) is 71.4 Å². The van der Waals surface area contributed by atoms with Crippen LogP contribution in [0.4, 0.5) is 0 Å². The number of nitrogens with zero attached hydrogens (tertiary/aromatic N) is 3. The average Bonchev–Trinajstić information content (AvgIpc) is 2.46. The van der Waals surface area contributed by atoms with Crippen molar-refractivity contribution >= 4 is 30.7 Å². The van der Waals surface area contributed by atoms with E-state index in [1.165, 1.54) is 0 Å². The quantitative estimate of drug-likeness (QED) is 0.816. The SMILES string of the molecule is CC(C)N1CCN(CCC(=O)N2CCNCC2)CC1.Cl.Cl. The molecule has 2 saturated heterocycles. The number of carbonyl (C=O) groups is 1. The predicted molar refractivity (Wildman–Crippen MR) is 91.7 cm³/mol. The summed E-state index contributed by atoms with van der Waals surface area (Å²) < 4.78 is 0. The lowest BCUT2D eigenvalue weighted by atomic mass is 10.2. The molecule has 0 aromatic rings. The maximum Gasteiger partial charge on any atom is 0.223 e. The van der Waals surface area contributed by atoms with E-state index in [4.69, 9.17) is 0 Å². The highest BCUT2D eigenvalue weighted by Crippen LogP contribution is 2.07. The molecular formula is C14H30Cl2N4O. The van der Waals surface area contributed by atoms with Crippen LogP contribution < -0.4 is 5.32 Å². The normalized spacial score (nSPS) is 20.8. The van der Waals surface area contributed by atoms with Crippen LogP contribution in [0.5, 0.6) is 0 Å². The molecule has 0 spiro atoms. The summed E-state index contributed by atoms with van der Waals surface area (Å²) in [5.74, 6) is 0.327. The van der Waals surface area contributed by atoms with E-state index in [1.807, 2.05) is 4.90 Å². The molecule has 2 heterocycles. The third-order valence-electron chi connectivity index (χ3n) is 4.25. The number of hydrogen-bond donors (Lipinski definition) is 1. The van der Waals surface area contributed by atoms with Gasteiger partial charge in [-0.2, -0.15) is 0 Å². The van der Waals surface area contributed by atoms with Gasteiger partial charge in [-0.05, 0) is 13.8 Å². The summed E-state index contributed by atoms with van der Waals surface area (Å²) in [6.45, 7) is 13.6. The van der Waals surface area contributed by atoms with Gasteiger partial charge < -0.3 is 15.1 Å². The zero-order valence-corrected chi connectivity index (χ0v) is 14.8. The summed E-state index contributed by atoms with van der Waals surface area (Å²) in [5.41, 5.74) is 0. The Labute approximate surface area is 141 Å². The first-order valence-corrected chi connectivity index (χ1v) is 7.61. The van der Waals surface area contributed by atoms with Crippen molar-refractivity contribution in [3.63, 3.8) is 0 Å². The predicted octanol–water partition coefficient (Wildman–Crippen LogP) is 0.678. The summed E-state index contributed by atoms with van der Waals surface area (Å²) in [4.78, 5) is 19.0. The van der Waals surface area contributed by atoms with Crippen LogP contribution >= 0.6 is 24.8 Å². The molecule has 1 N–H and O–H groups in total. The highest BCUT2D eigenvalue weighted by atomic mass is 35.5. The van der Waals surface area contributed by atoms with Crippen LogP contribution in [0.3, 0.4) is 0 Å². The Hall–Kier alpha value is -0.0700. The van der Waals surface area contributed by atoms with E-state index in [0.717, 1.165) is 58.9 Å². The molecule has 0 aromatic carbocycles. The van der Waals surface area contributed by atoms with Gasteiger partial charge in [0.2, 0.25) is 5.91 Å². The van der Waals surface area contributed by atoms with Crippen molar-refractivity contribution in [1.29, 1.82) is 0 Å². The van der Waals surface area contributed by atoms with E-state index < -0.39 is 0 Å². The van der Waals surface area contributed by atoms with Gasteiger partial charge in [0.05, 0.1) is 0 Å². The van der Waals surface area contributed by atoms with Gasteiger partial charge in [0.15, 0.2) is 0 Å². The van der Waals surface area contributed by atoms with Gasteiger partial charge in [-0.25, -0.2) is 0 Å². The highest BCUT2D eigenvalue weighted by molar-refractivity contribution is 5.85. The lowest BCUT2D eigenvalue weighted by molar-refractivity contribution is -0.132. The number of amides is 1. The van der Waals surface area contributed by atoms with Crippen LogP contribution in [0.2, 0.25) is 0 Å². The van der Waals surface area contributed by atoms with E-state index in [0.29, 0.717) is 18.4 Å². The molecule has 2 rings (SSSR count). The van der Waals surface area contributed by atoms with Crippen molar-refractivity contribution in [2.75, 3.05) is 58.9 Å². The smallest absolute Gasteiger partial charge is 0.223 e. The molecule has 0 bridgehead atoms. The van der Waals surface area contributed by atoms with Crippen molar-refractivity contribution in [2.45, 2.75) is 26.3 Å². The van der Waals surface area contributed by atoms with Gasteiger partial charge >= 0.3 is 0 Å². The standard InChI is InChI=1S/C14H28N4O.2ClH/c1-13(2)17-11-9-16(10-12-17)6-3-14(19)18-7-4-15-5-8-18;;/h13,15H,3-12H2,1-2H3;2*1H. The molecule has 0 saturated carbocycles. The molecule has 5 nitrogen and oxygen atoms in total. The van der Waals surface area contributed by atoms with Crippen LogP contribution in [0, 0.1) is 0 Å². The van der Waals surface area contributed by atoms with Crippen molar-refractivity contribution in [3.8, 4) is 0 Å². The van der Waals surface area contributed by atoms with Gasteiger partial charge in [-0.15, -0.1) is 24.8 Å². The Morgan fingerprint density at radius 3 is 2.10 bits per heavy atom. The van der Waals surface area contributed by atoms with Gasteiger partial charge in [0.1, 0.15) is 0 Å². The Morgan fingerprint density at radius 2 is 1.57 bits per heavy atom. The van der Waals surface area contributed by atoms with E-state index in [2.05, 4.69) is 29.0 Å². The maximum absolute atomic E-state index is 12.1. The molecule has 126 valence electrons. The van der Waals surface area contributed by atoms with Crippen LogP contribution in [0.15, 0.2) is 0 Å². The van der Waals surface area contributed by atoms with Crippen LogP contribution in [-0.2, 0) is 4.79 Å². The van der Waals surface area contributed by atoms with E-state index in [9.17, 15) is 4.79 Å². The van der Waals surface area contributed by atoms with Crippen molar-refractivity contribution in [1.82, 2.24) is 20.0 Å². The third kappa shape index (κ3) is 6.70. The Balaban J connectivity index is 0.00000200. The molecule has 0 aliphatic carbocycles. The summed E-state index contributed by atoms with van der Waals surface area (Å²) in [7, 11) is 0. The Morgan fingerprint density at radius 1 is 1.00 bits per heavy atom. The number of piperazine rings is 2. The molecular weight excluding hydrogens is 311 g/mol. The van der Waals surface area contributed by atoms with Crippen LogP contribution in [-0.4, -0.2) is 85.6 Å². The Kier molecular flexibility index (Phi) is 10.6. The lowest BCUT2D eigenvalue weighted by Gasteiger charge is -2.37. The Bertz CT molecular complexity index is 291. The molecule has 21 heavy (non-hydrogen) atoms. The summed E-state index contributed by atoms with van der Waals surface area (Å²) in [5, 5.41) is 3.28. The fourth-order valence-electron chi connectivity index (χ4n) is 2.83. The first-order valence-electron chi connectivity index (χ1n) is 7.61. The highest BCUT2D eigenvalue weighted by Gasteiger charge is 2.21. The average molecular weight is 341 g/mol. The van der Waals surface area contributed by atoms with Crippen molar-refractivity contribution in [2.24, 2.45) is 0 Å². The number of rotatable bonds is 4. The molecule has 0 aromatic heterocycles. The minimum atomic E-state index is 0. The van der Waals surface area contributed by atoms with Crippen LogP contribution in [0.1, 0.15) is 20.3 Å². The fourth-order valence-corrected chi connectivity index (χ4v) is 2.83. The zero-order chi connectivity index (χ0) is 13.7. The first kappa shape index (κ1) is 20.9. The second-order valence-corrected chi connectivity index (χ2v) is 5.85. The van der Waals surface area contributed by atoms with E-state index in [-0.39, 0.29) is 24.8 Å². The zero-order valence-electron chi connectivity index (χ0n) is 13.2. The van der Waals surface area contributed by atoms with Crippen molar-refractivity contribution < 1.29 is 4.79 Å². The molecule has 0 atom stereocenters. The summed E-state index contributed by atoms with van der Waals surface area (Å²) in [6.07, 6.45) is 0.682. The minimum Gasteiger partial charge on any atom is -0.340 e. The van der Waals surface area contributed by atoms with Gasteiger partial charge in [-0.1, -0.05) is 0 Å². The minimum absolute atomic E-state index is 0. The molecule has 2 fully saturated rings. The molecule has 1 amide bonds. The molecule has 2 aliphatic rings. The maximum atomic E-state index is 12.1. The van der Waals surface area contributed by atoms with Gasteiger partial charge in [0.25, 0.3) is 0 Å². The topological polar surface area (TPSA) is 38.8 Å². The second-order valence-electron chi connectivity index (χ2n) is 5.85. The van der Waals surface area contributed by atoms with Crippen molar-refractivity contribution in [3.05, 3.63) is 0 Å².